The maximum atomic E-state index is 11.7. The molecule has 0 unspecified atom stereocenters. The van der Waals surface area contributed by atoms with Crippen LogP contribution in [0.5, 0.6) is 0 Å². The van der Waals surface area contributed by atoms with Crippen LogP contribution in [0, 0.1) is 12.8 Å². The molecule has 1 N–H and O–H groups in total. The molecule has 1 aliphatic rings. The minimum atomic E-state index is 0.110. The summed E-state index contributed by atoms with van der Waals surface area (Å²) in [5, 5.41) is 2.87. The van der Waals surface area contributed by atoms with E-state index in [2.05, 4.69) is 26.2 Å². The highest BCUT2D eigenvalue weighted by molar-refractivity contribution is 9.10. The van der Waals surface area contributed by atoms with Crippen molar-refractivity contribution in [3.8, 4) is 0 Å². The first kappa shape index (κ1) is 10.6. The van der Waals surface area contributed by atoms with E-state index in [4.69, 9.17) is 0 Å². The zero-order valence-electron chi connectivity index (χ0n) is 8.59. The molecule has 0 saturated heterocycles. The van der Waals surface area contributed by atoms with E-state index in [1.54, 1.807) is 6.20 Å². The van der Waals surface area contributed by atoms with Crippen LogP contribution in [0.15, 0.2) is 16.7 Å². The number of halogens is 1. The van der Waals surface area contributed by atoms with Crippen LogP contribution in [-0.4, -0.2) is 10.9 Å². The molecule has 80 valence electrons. The van der Waals surface area contributed by atoms with E-state index in [1.807, 2.05) is 13.0 Å². The van der Waals surface area contributed by atoms with Crippen LogP contribution < -0.4 is 5.32 Å². The third kappa shape index (κ3) is 2.37. The van der Waals surface area contributed by atoms with Crippen molar-refractivity contribution < 1.29 is 4.79 Å². The topological polar surface area (TPSA) is 42.0 Å². The first-order chi connectivity index (χ1) is 7.16. The Morgan fingerprint density at radius 3 is 2.87 bits per heavy atom. The second-order valence-corrected chi connectivity index (χ2v) is 4.85. The first-order valence-corrected chi connectivity index (χ1v) is 5.89. The SMILES string of the molecule is Cc1cc(Br)cnc1NC(=O)C1CCC1. The number of hydrogen-bond donors (Lipinski definition) is 1. The lowest BCUT2D eigenvalue weighted by molar-refractivity contribution is -0.122. The largest absolute Gasteiger partial charge is 0.310 e. The average molecular weight is 269 g/mol. The molecule has 1 aromatic heterocycles. The fourth-order valence-electron chi connectivity index (χ4n) is 1.56. The van der Waals surface area contributed by atoms with Crippen molar-refractivity contribution in [2.75, 3.05) is 5.32 Å². The number of anilines is 1. The lowest BCUT2D eigenvalue weighted by Crippen LogP contribution is -2.28. The molecule has 3 nitrogen and oxygen atoms in total. The highest BCUT2D eigenvalue weighted by Crippen LogP contribution is 2.28. The summed E-state index contributed by atoms with van der Waals surface area (Å²) in [5.74, 6) is 0.990. The number of aryl methyl sites for hydroxylation is 1. The molecule has 1 amide bonds. The van der Waals surface area contributed by atoms with Crippen LogP contribution in [0.25, 0.3) is 0 Å². The van der Waals surface area contributed by atoms with E-state index >= 15 is 0 Å². The Labute approximate surface area is 97.4 Å². The van der Waals surface area contributed by atoms with Gasteiger partial charge in [0.1, 0.15) is 5.82 Å². The van der Waals surface area contributed by atoms with Gasteiger partial charge in [0.25, 0.3) is 0 Å². The summed E-state index contributed by atoms with van der Waals surface area (Å²) in [6, 6.07) is 1.95. The Bertz CT molecular complexity index is 388. The smallest absolute Gasteiger partial charge is 0.228 e. The fourth-order valence-corrected chi connectivity index (χ4v) is 2.01. The lowest BCUT2D eigenvalue weighted by Gasteiger charge is -2.24. The Kier molecular flexibility index (Phi) is 3.05. The zero-order valence-corrected chi connectivity index (χ0v) is 10.2. The molecule has 1 fully saturated rings. The van der Waals surface area contributed by atoms with Crippen molar-refractivity contribution >= 4 is 27.7 Å². The number of carbonyl (C=O) groups is 1. The van der Waals surface area contributed by atoms with Crippen LogP contribution in [-0.2, 0) is 4.79 Å². The number of pyridine rings is 1. The van der Waals surface area contributed by atoms with E-state index < -0.39 is 0 Å². The quantitative estimate of drug-likeness (QED) is 0.896. The van der Waals surface area contributed by atoms with E-state index in [1.165, 1.54) is 6.42 Å². The maximum Gasteiger partial charge on any atom is 0.228 e. The lowest BCUT2D eigenvalue weighted by atomic mass is 9.85. The zero-order chi connectivity index (χ0) is 10.8. The molecule has 0 bridgehead atoms. The molecular formula is C11H13BrN2O. The highest BCUT2D eigenvalue weighted by atomic mass is 79.9. The molecule has 0 radical (unpaired) electrons. The van der Waals surface area contributed by atoms with Gasteiger partial charge in [0.15, 0.2) is 0 Å². The number of rotatable bonds is 2. The number of amides is 1. The number of nitrogens with one attached hydrogen (secondary N) is 1. The number of nitrogens with zero attached hydrogens (tertiary/aromatic N) is 1. The van der Waals surface area contributed by atoms with Crippen LogP contribution in [0.1, 0.15) is 24.8 Å². The molecule has 1 heterocycles. The molecule has 1 aliphatic carbocycles. The Morgan fingerprint density at radius 1 is 1.60 bits per heavy atom. The third-order valence-electron chi connectivity index (χ3n) is 2.76. The standard InChI is InChI=1S/C11H13BrN2O/c1-7-5-9(12)6-13-10(7)14-11(15)8-3-2-4-8/h5-6,8H,2-4H2,1H3,(H,13,14,15). The van der Waals surface area contributed by atoms with Crippen molar-refractivity contribution in [1.29, 1.82) is 0 Å². The first-order valence-electron chi connectivity index (χ1n) is 5.10. The molecule has 4 heteroatoms. The van der Waals surface area contributed by atoms with Crippen molar-refractivity contribution in [3.05, 3.63) is 22.3 Å². The normalized spacial score (nSPS) is 15.9. The van der Waals surface area contributed by atoms with E-state index in [9.17, 15) is 4.79 Å². The number of hydrogen-bond acceptors (Lipinski definition) is 2. The second kappa shape index (κ2) is 4.31. The van der Waals surface area contributed by atoms with Crippen LogP contribution in [0.2, 0.25) is 0 Å². The summed E-state index contributed by atoms with van der Waals surface area (Å²) in [5.41, 5.74) is 0.983. The van der Waals surface area contributed by atoms with Crippen LogP contribution in [0.3, 0.4) is 0 Å². The molecular weight excluding hydrogens is 256 g/mol. The minimum Gasteiger partial charge on any atom is -0.310 e. The molecule has 15 heavy (non-hydrogen) atoms. The molecule has 0 atom stereocenters. The molecule has 0 aromatic carbocycles. The molecule has 0 aliphatic heterocycles. The van der Waals surface area contributed by atoms with Crippen LogP contribution >= 0.6 is 15.9 Å². The van der Waals surface area contributed by atoms with Gasteiger partial charge in [0, 0.05) is 16.6 Å². The van der Waals surface area contributed by atoms with Gasteiger partial charge in [-0.1, -0.05) is 6.42 Å². The average Bonchev–Trinajstić information content (AvgIpc) is 2.07. The summed E-state index contributed by atoms with van der Waals surface area (Å²) in [6.45, 7) is 1.94. The van der Waals surface area contributed by atoms with Crippen LogP contribution in [0.4, 0.5) is 5.82 Å². The fraction of sp³-hybridized carbons (Fsp3) is 0.455. The van der Waals surface area contributed by atoms with Gasteiger partial charge >= 0.3 is 0 Å². The second-order valence-electron chi connectivity index (χ2n) is 3.94. The summed E-state index contributed by atoms with van der Waals surface area (Å²) < 4.78 is 0.932. The summed E-state index contributed by atoms with van der Waals surface area (Å²) >= 11 is 3.34. The third-order valence-corrected chi connectivity index (χ3v) is 3.20. The summed E-state index contributed by atoms with van der Waals surface area (Å²) in [4.78, 5) is 15.8. The van der Waals surface area contributed by atoms with E-state index in [0.717, 1.165) is 22.9 Å². The van der Waals surface area contributed by atoms with Gasteiger partial charge in [-0.3, -0.25) is 4.79 Å². The Balaban J connectivity index is 2.06. The summed E-state index contributed by atoms with van der Waals surface area (Å²) in [7, 11) is 0. The highest BCUT2D eigenvalue weighted by Gasteiger charge is 2.25. The predicted octanol–water partition coefficient (Wildman–Crippen LogP) is 2.89. The molecule has 1 saturated carbocycles. The van der Waals surface area contributed by atoms with Gasteiger partial charge in [-0.2, -0.15) is 0 Å². The molecule has 2 rings (SSSR count). The Hall–Kier alpha value is -0.900. The molecule has 1 aromatic rings. The van der Waals surface area contributed by atoms with Gasteiger partial charge < -0.3 is 5.32 Å². The van der Waals surface area contributed by atoms with Crippen molar-refractivity contribution in [2.45, 2.75) is 26.2 Å². The summed E-state index contributed by atoms with van der Waals surface area (Å²) in [6.07, 6.45) is 4.90. The molecule has 0 spiro atoms. The van der Waals surface area contributed by atoms with Crippen molar-refractivity contribution in [1.82, 2.24) is 4.98 Å². The van der Waals surface area contributed by atoms with Crippen molar-refractivity contribution in [2.24, 2.45) is 5.92 Å². The predicted molar refractivity (Wildman–Crippen MR) is 62.6 cm³/mol. The van der Waals surface area contributed by atoms with E-state index in [-0.39, 0.29) is 11.8 Å². The van der Waals surface area contributed by atoms with Gasteiger partial charge in [-0.15, -0.1) is 0 Å². The number of aromatic nitrogens is 1. The van der Waals surface area contributed by atoms with Gasteiger partial charge in [-0.25, -0.2) is 4.98 Å². The monoisotopic (exact) mass is 268 g/mol. The van der Waals surface area contributed by atoms with Gasteiger partial charge in [0.05, 0.1) is 0 Å². The minimum absolute atomic E-state index is 0.110. The number of carbonyl (C=O) groups excluding carboxylic acids is 1. The Morgan fingerprint density at radius 2 is 2.33 bits per heavy atom. The maximum absolute atomic E-state index is 11.7. The van der Waals surface area contributed by atoms with Crippen molar-refractivity contribution in [3.63, 3.8) is 0 Å². The van der Waals surface area contributed by atoms with Gasteiger partial charge in [-0.05, 0) is 47.3 Å². The van der Waals surface area contributed by atoms with E-state index in [0.29, 0.717) is 5.82 Å². The van der Waals surface area contributed by atoms with Gasteiger partial charge in [0.2, 0.25) is 5.91 Å².